The first-order chi connectivity index (χ1) is 10.2. The van der Waals surface area contributed by atoms with Crippen molar-refractivity contribution in [3.8, 4) is 6.07 Å². The first-order valence-corrected chi connectivity index (χ1v) is 7.10. The molecule has 2 amide bonds. The molecule has 0 aromatic heterocycles. The number of amides is 2. The molecule has 1 heterocycles. The minimum Gasteiger partial charge on any atom is -0.465 e. The predicted molar refractivity (Wildman–Crippen MR) is 81.5 cm³/mol. The zero-order valence-electron chi connectivity index (χ0n) is 12.9. The molecule has 0 saturated carbocycles. The monoisotopic (exact) mass is 301 g/mol. The molecule has 1 atom stereocenters. The van der Waals surface area contributed by atoms with Crippen LogP contribution in [0.2, 0.25) is 0 Å². The SMILES string of the molecule is CC(C)(C)N(C(=O)O)[C@H]1CCc2cc(C#N)ccc2NC1=O. The Morgan fingerprint density at radius 1 is 1.45 bits per heavy atom. The van der Waals surface area contributed by atoms with Gasteiger partial charge in [0.25, 0.3) is 0 Å². The van der Waals surface area contributed by atoms with Crippen molar-refractivity contribution in [1.82, 2.24) is 4.90 Å². The molecule has 0 fully saturated rings. The van der Waals surface area contributed by atoms with Gasteiger partial charge in [0.2, 0.25) is 5.91 Å². The lowest BCUT2D eigenvalue weighted by molar-refractivity contribution is -0.122. The number of nitrogens with one attached hydrogen (secondary N) is 1. The van der Waals surface area contributed by atoms with E-state index >= 15 is 0 Å². The number of hydrogen-bond acceptors (Lipinski definition) is 3. The Balaban J connectivity index is 2.35. The molecule has 6 heteroatoms. The molecule has 0 unspecified atom stereocenters. The number of hydrogen-bond donors (Lipinski definition) is 2. The van der Waals surface area contributed by atoms with Gasteiger partial charge in [0, 0.05) is 11.2 Å². The van der Waals surface area contributed by atoms with Crippen LogP contribution in [0.3, 0.4) is 0 Å². The zero-order valence-corrected chi connectivity index (χ0v) is 12.9. The molecular formula is C16H19N3O3. The van der Waals surface area contributed by atoms with Crippen LogP contribution in [-0.2, 0) is 11.2 Å². The minimum atomic E-state index is -1.11. The summed E-state index contributed by atoms with van der Waals surface area (Å²) in [5, 5.41) is 21.2. The zero-order chi connectivity index (χ0) is 16.5. The number of aryl methyl sites for hydroxylation is 1. The number of carboxylic acid groups (broad SMARTS) is 1. The van der Waals surface area contributed by atoms with Crippen LogP contribution in [0.15, 0.2) is 18.2 Å². The predicted octanol–water partition coefficient (Wildman–Crippen LogP) is 2.59. The van der Waals surface area contributed by atoms with Crippen molar-refractivity contribution >= 4 is 17.7 Å². The summed E-state index contributed by atoms with van der Waals surface area (Å²) in [5.41, 5.74) is 1.35. The van der Waals surface area contributed by atoms with Gasteiger partial charge in [0.05, 0.1) is 11.6 Å². The molecule has 116 valence electrons. The average Bonchev–Trinajstić information content (AvgIpc) is 2.56. The molecule has 0 spiro atoms. The van der Waals surface area contributed by atoms with E-state index < -0.39 is 17.7 Å². The highest BCUT2D eigenvalue weighted by Gasteiger charge is 2.38. The molecule has 1 aromatic rings. The molecule has 0 radical (unpaired) electrons. The van der Waals surface area contributed by atoms with E-state index in [0.717, 1.165) is 5.56 Å². The highest BCUT2D eigenvalue weighted by atomic mass is 16.4. The lowest BCUT2D eigenvalue weighted by Crippen LogP contribution is -2.55. The average molecular weight is 301 g/mol. The van der Waals surface area contributed by atoms with E-state index in [4.69, 9.17) is 5.26 Å². The first-order valence-electron chi connectivity index (χ1n) is 7.10. The number of carbonyl (C=O) groups is 2. The summed E-state index contributed by atoms with van der Waals surface area (Å²) >= 11 is 0. The lowest BCUT2D eigenvalue weighted by atomic mass is 9.99. The van der Waals surface area contributed by atoms with Crippen molar-refractivity contribution in [2.24, 2.45) is 0 Å². The highest BCUT2D eigenvalue weighted by molar-refractivity contribution is 5.98. The highest BCUT2D eigenvalue weighted by Crippen LogP contribution is 2.28. The fourth-order valence-corrected chi connectivity index (χ4v) is 2.77. The summed E-state index contributed by atoms with van der Waals surface area (Å²) in [4.78, 5) is 25.2. The third-order valence-corrected chi connectivity index (χ3v) is 3.72. The molecule has 1 aromatic carbocycles. The maximum Gasteiger partial charge on any atom is 0.408 e. The van der Waals surface area contributed by atoms with Gasteiger partial charge in [-0.25, -0.2) is 4.79 Å². The molecule has 6 nitrogen and oxygen atoms in total. The van der Waals surface area contributed by atoms with Gasteiger partial charge in [-0.05, 0) is 57.4 Å². The minimum absolute atomic E-state index is 0.333. The third-order valence-electron chi connectivity index (χ3n) is 3.72. The molecule has 1 aliphatic heterocycles. The molecule has 2 rings (SSSR count). The largest absolute Gasteiger partial charge is 0.465 e. The summed E-state index contributed by atoms with van der Waals surface area (Å²) in [7, 11) is 0. The summed E-state index contributed by atoms with van der Waals surface area (Å²) in [6.07, 6.45) is -0.192. The van der Waals surface area contributed by atoms with Crippen LogP contribution in [0.1, 0.15) is 38.3 Å². The quantitative estimate of drug-likeness (QED) is 0.833. The first kappa shape index (κ1) is 15.8. The van der Waals surface area contributed by atoms with Gasteiger partial charge < -0.3 is 10.4 Å². The third kappa shape index (κ3) is 3.03. The van der Waals surface area contributed by atoms with Crippen molar-refractivity contribution in [3.05, 3.63) is 29.3 Å². The number of nitrogens with zero attached hydrogens (tertiary/aromatic N) is 2. The number of benzene rings is 1. The molecule has 22 heavy (non-hydrogen) atoms. The van der Waals surface area contributed by atoms with Gasteiger partial charge in [-0.1, -0.05) is 0 Å². The van der Waals surface area contributed by atoms with E-state index in [2.05, 4.69) is 11.4 Å². The second kappa shape index (κ2) is 5.68. The normalized spacial score (nSPS) is 17.7. The topological polar surface area (TPSA) is 93.4 Å². The van der Waals surface area contributed by atoms with Crippen LogP contribution in [-0.4, -0.2) is 33.6 Å². The van der Waals surface area contributed by atoms with Gasteiger partial charge in [-0.2, -0.15) is 5.26 Å². The van der Waals surface area contributed by atoms with Crippen molar-refractivity contribution in [2.45, 2.75) is 45.2 Å². The number of anilines is 1. The van der Waals surface area contributed by atoms with Crippen molar-refractivity contribution in [3.63, 3.8) is 0 Å². The van der Waals surface area contributed by atoms with Crippen LogP contribution in [0.5, 0.6) is 0 Å². The Bertz CT molecular complexity index is 656. The van der Waals surface area contributed by atoms with E-state index in [-0.39, 0.29) is 5.91 Å². The van der Waals surface area contributed by atoms with E-state index in [1.165, 1.54) is 4.90 Å². The Morgan fingerprint density at radius 2 is 2.14 bits per heavy atom. The van der Waals surface area contributed by atoms with E-state index in [1.807, 2.05) is 0 Å². The van der Waals surface area contributed by atoms with Crippen LogP contribution in [0.4, 0.5) is 10.5 Å². The van der Waals surface area contributed by atoms with Crippen LogP contribution < -0.4 is 5.32 Å². The van der Waals surface area contributed by atoms with Gasteiger partial charge in [-0.15, -0.1) is 0 Å². The molecule has 0 bridgehead atoms. The molecule has 2 N–H and O–H groups in total. The second-order valence-corrected chi connectivity index (χ2v) is 6.35. The number of nitriles is 1. The van der Waals surface area contributed by atoms with Crippen molar-refractivity contribution in [2.75, 3.05) is 5.32 Å². The second-order valence-electron chi connectivity index (χ2n) is 6.35. The fraction of sp³-hybridized carbons (Fsp3) is 0.438. The number of rotatable bonds is 1. The molecular weight excluding hydrogens is 282 g/mol. The maximum atomic E-state index is 12.4. The van der Waals surface area contributed by atoms with E-state index in [0.29, 0.717) is 24.1 Å². The Kier molecular flexibility index (Phi) is 4.09. The number of fused-ring (bicyclic) bond motifs is 1. The summed E-state index contributed by atoms with van der Waals surface area (Å²) in [6, 6.07) is 6.38. The molecule has 0 aliphatic carbocycles. The Hall–Kier alpha value is -2.55. The summed E-state index contributed by atoms with van der Waals surface area (Å²) in [5.74, 6) is -0.333. The molecule has 0 saturated heterocycles. The summed E-state index contributed by atoms with van der Waals surface area (Å²) < 4.78 is 0. The van der Waals surface area contributed by atoms with Gasteiger partial charge in [0.15, 0.2) is 0 Å². The maximum absolute atomic E-state index is 12.4. The van der Waals surface area contributed by atoms with Crippen molar-refractivity contribution < 1.29 is 14.7 Å². The van der Waals surface area contributed by atoms with Crippen LogP contribution >= 0.6 is 0 Å². The van der Waals surface area contributed by atoms with E-state index in [9.17, 15) is 14.7 Å². The smallest absolute Gasteiger partial charge is 0.408 e. The fourth-order valence-electron chi connectivity index (χ4n) is 2.77. The van der Waals surface area contributed by atoms with Gasteiger partial charge >= 0.3 is 6.09 Å². The Morgan fingerprint density at radius 3 is 2.68 bits per heavy atom. The number of carbonyl (C=O) groups excluding carboxylic acids is 1. The van der Waals surface area contributed by atoms with E-state index in [1.54, 1.807) is 39.0 Å². The molecule has 1 aliphatic rings. The lowest BCUT2D eigenvalue weighted by Gasteiger charge is -2.38. The van der Waals surface area contributed by atoms with Gasteiger partial charge in [-0.3, -0.25) is 9.69 Å². The van der Waals surface area contributed by atoms with Crippen LogP contribution in [0.25, 0.3) is 0 Å². The van der Waals surface area contributed by atoms with Gasteiger partial charge in [0.1, 0.15) is 6.04 Å². The summed E-state index contributed by atoms with van der Waals surface area (Å²) in [6.45, 7) is 5.29. The van der Waals surface area contributed by atoms with Crippen molar-refractivity contribution in [1.29, 1.82) is 5.26 Å². The standard InChI is InChI=1S/C16H19N3O3/c1-16(2,3)19(15(21)22)13-7-5-11-8-10(9-17)4-6-12(11)18-14(13)20/h4,6,8,13H,5,7H2,1-3H3,(H,18,20)(H,21,22)/t13-/m0/s1. The van der Waals surface area contributed by atoms with Crippen LogP contribution in [0, 0.1) is 11.3 Å². The Labute approximate surface area is 129 Å².